The molecule has 1 aromatic heterocycles. The SMILES string of the molecule is Cc1cc(CN2CCN(CC(=O)Nc3ccc(C(C)C)cc3)CC2)no1. The molecule has 0 saturated carbocycles. The topological polar surface area (TPSA) is 61.6 Å². The molecule has 3 rings (SSSR count). The van der Waals surface area contributed by atoms with Crippen molar-refractivity contribution in [1.29, 1.82) is 0 Å². The lowest BCUT2D eigenvalue weighted by molar-refractivity contribution is -0.117. The lowest BCUT2D eigenvalue weighted by Gasteiger charge is -2.33. The Morgan fingerprint density at radius 1 is 1.15 bits per heavy atom. The predicted molar refractivity (Wildman–Crippen MR) is 102 cm³/mol. The van der Waals surface area contributed by atoms with Gasteiger partial charge in [-0.25, -0.2) is 0 Å². The van der Waals surface area contributed by atoms with Gasteiger partial charge in [-0.15, -0.1) is 0 Å². The van der Waals surface area contributed by atoms with Gasteiger partial charge in [0.05, 0.1) is 12.2 Å². The van der Waals surface area contributed by atoms with Crippen LogP contribution in [0.5, 0.6) is 0 Å². The Balaban J connectivity index is 1.41. The zero-order chi connectivity index (χ0) is 18.5. The van der Waals surface area contributed by atoms with Crippen LogP contribution in [-0.2, 0) is 11.3 Å². The van der Waals surface area contributed by atoms with Crippen molar-refractivity contribution >= 4 is 11.6 Å². The van der Waals surface area contributed by atoms with Gasteiger partial charge in [0, 0.05) is 44.5 Å². The van der Waals surface area contributed by atoms with Crippen LogP contribution < -0.4 is 5.32 Å². The predicted octanol–water partition coefficient (Wildman–Crippen LogP) is 2.86. The van der Waals surface area contributed by atoms with Crippen molar-refractivity contribution in [1.82, 2.24) is 15.0 Å². The number of benzene rings is 1. The molecule has 0 spiro atoms. The summed E-state index contributed by atoms with van der Waals surface area (Å²) in [5.41, 5.74) is 3.11. The fourth-order valence-corrected chi connectivity index (χ4v) is 3.18. The van der Waals surface area contributed by atoms with E-state index in [1.807, 2.05) is 25.1 Å². The molecule has 2 aromatic rings. The smallest absolute Gasteiger partial charge is 0.238 e. The van der Waals surface area contributed by atoms with Crippen LogP contribution in [-0.4, -0.2) is 53.6 Å². The molecule has 1 aliphatic heterocycles. The molecular formula is C20H28N4O2. The first kappa shape index (κ1) is 18.6. The number of carbonyl (C=O) groups is 1. The number of nitrogens with zero attached hydrogens (tertiary/aromatic N) is 3. The third kappa shape index (κ3) is 5.16. The molecule has 2 heterocycles. The highest BCUT2D eigenvalue weighted by Gasteiger charge is 2.20. The van der Waals surface area contributed by atoms with Gasteiger partial charge in [0.1, 0.15) is 5.76 Å². The van der Waals surface area contributed by atoms with E-state index in [9.17, 15) is 4.79 Å². The molecule has 0 unspecified atom stereocenters. The Kier molecular flexibility index (Phi) is 6.06. The van der Waals surface area contributed by atoms with E-state index < -0.39 is 0 Å². The van der Waals surface area contributed by atoms with E-state index in [4.69, 9.17) is 4.52 Å². The van der Waals surface area contributed by atoms with Gasteiger partial charge in [0.2, 0.25) is 5.91 Å². The fourth-order valence-electron chi connectivity index (χ4n) is 3.18. The summed E-state index contributed by atoms with van der Waals surface area (Å²) in [6.07, 6.45) is 0. The number of hydrogen-bond acceptors (Lipinski definition) is 5. The Morgan fingerprint density at radius 2 is 1.81 bits per heavy atom. The average Bonchev–Trinajstić information content (AvgIpc) is 3.02. The summed E-state index contributed by atoms with van der Waals surface area (Å²) in [6.45, 7) is 11.1. The molecule has 140 valence electrons. The van der Waals surface area contributed by atoms with Crippen LogP contribution in [0.25, 0.3) is 0 Å². The number of anilines is 1. The van der Waals surface area contributed by atoms with Crippen molar-refractivity contribution in [3.8, 4) is 0 Å². The molecule has 6 nitrogen and oxygen atoms in total. The minimum Gasteiger partial charge on any atom is -0.361 e. The highest BCUT2D eigenvalue weighted by molar-refractivity contribution is 5.92. The number of amides is 1. The lowest BCUT2D eigenvalue weighted by Crippen LogP contribution is -2.48. The van der Waals surface area contributed by atoms with Crippen molar-refractivity contribution in [3.63, 3.8) is 0 Å². The highest BCUT2D eigenvalue weighted by atomic mass is 16.5. The molecule has 1 aromatic carbocycles. The lowest BCUT2D eigenvalue weighted by atomic mass is 10.0. The molecular weight excluding hydrogens is 328 g/mol. The Labute approximate surface area is 155 Å². The monoisotopic (exact) mass is 356 g/mol. The van der Waals surface area contributed by atoms with Crippen LogP contribution in [0.2, 0.25) is 0 Å². The second-order valence-electron chi connectivity index (χ2n) is 7.31. The van der Waals surface area contributed by atoms with E-state index in [2.05, 4.69) is 46.3 Å². The molecule has 1 N–H and O–H groups in total. The maximum Gasteiger partial charge on any atom is 0.238 e. The maximum atomic E-state index is 12.3. The quantitative estimate of drug-likeness (QED) is 0.862. The van der Waals surface area contributed by atoms with Gasteiger partial charge in [-0.2, -0.15) is 0 Å². The molecule has 1 aliphatic rings. The molecule has 26 heavy (non-hydrogen) atoms. The Bertz CT molecular complexity index is 716. The number of rotatable bonds is 6. The largest absolute Gasteiger partial charge is 0.361 e. The second kappa shape index (κ2) is 8.47. The van der Waals surface area contributed by atoms with Crippen molar-refractivity contribution in [2.24, 2.45) is 0 Å². The zero-order valence-corrected chi connectivity index (χ0v) is 15.9. The van der Waals surface area contributed by atoms with Crippen LogP contribution in [0.3, 0.4) is 0 Å². The molecule has 1 saturated heterocycles. The first-order valence-electron chi connectivity index (χ1n) is 9.26. The zero-order valence-electron chi connectivity index (χ0n) is 15.9. The molecule has 0 radical (unpaired) electrons. The highest BCUT2D eigenvalue weighted by Crippen LogP contribution is 2.17. The van der Waals surface area contributed by atoms with E-state index in [-0.39, 0.29) is 5.91 Å². The number of piperazine rings is 1. The van der Waals surface area contributed by atoms with E-state index in [1.54, 1.807) is 0 Å². The summed E-state index contributed by atoms with van der Waals surface area (Å²) in [7, 11) is 0. The Morgan fingerprint density at radius 3 is 2.38 bits per heavy atom. The van der Waals surface area contributed by atoms with Crippen LogP contribution >= 0.6 is 0 Å². The van der Waals surface area contributed by atoms with Crippen molar-refractivity contribution < 1.29 is 9.32 Å². The van der Waals surface area contributed by atoms with Crippen molar-refractivity contribution in [3.05, 3.63) is 47.3 Å². The number of carbonyl (C=O) groups excluding carboxylic acids is 1. The van der Waals surface area contributed by atoms with Crippen LogP contribution in [0.4, 0.5) is 5.69 Å². The number of nitrogens with one attached hydrogen (secondary N) is 1. The molecule has 0 aliphatic carbocycles. The van der Waals surface area contributed by atoms with E-state index >= 15 is 0 Å². The summed E-state index contributed by atoms with van der Waals surface area (Å²) in [6, 6.07) is 10.1. The Hall–Kier alpha value is -2.18. The standard InChI is InChI=1S/C20H28N4O2/c1-15(2)17-4-6-18(7-5-17)21-20(25)14-24-10-8-23(9-11-24)13-19-12-16(3)26-22-19/h4-7,12,15H,8-11,13-14H2,1-3H3,(H,21,25). The average molecular weight is 356 g/mol. The summed E-state index contributed by atoms with van der Waals surface area (Å²) in [5, 5.41) is 7.04. The van der Waals surface area contributed by atoms with E-state index in [0.717, 1.165) is 49.9 Å². The molecule has 0 bridgehead atoms. The molecule has 0 atom stereocenters. The summed E-state index contributed by atoms with van der Waals surface area (Å²) in [4.78, 5) is 16.8. The first-order valence-corrected chi connectivity index (χ1v) is 9.26. The van der Waals surface area contributed by atoms with Gasteiger partial charge in [0.25, 0.3) is 0 Å². The van der Waals surface area contributed by atoms with Crippen LogP contribution in [0, 0.1) is 6.92 Å². The molecule has 1 amide bonds. The number of hydrogen-bond donors (Lipinski definition) is 1. The summed E-state index contributed by atoms with van der Waals surface area (Å²) >= 11 is 0. The van der Waals surface area contributed by atoms with Crippen molar-refractivity contribution in [2.75, 3.05) is 38.0 Å². The molecule has 1 fully saturated rings. The molecule has 6 heteroatoms. The van der Waals surface area contributed by atoms with Gasteiger partial charge in [0.15, 0.2) is 0 Å². The third-order valence-corrected chi connectivity index (χ3v) is 4.76. The van der Waals surface area contributed by atoms with Crippen LogP contribution in [0.15, 0.2) is 34.9 Å². The minimum atomic E-state index is 0.0443. The number of aryl methyl sites for hydroxylation is 1. The summed E-state index contributed by atoms with van der Waals surface area (Å²) < 4.78 is 5.12. The first-order chi connectivity index (χ1) is 12.5. The van der Waals surface area contributed by atoms with E-state index in [0.29, 0.717) is 12.5 Å². The van der Waals surface area contributed by atoms with E-state index in [1.165, 1.54) is 5.56 Å². The third-order valence-electron chi connectivity index (χ3n) is 4.76. The second-order valence-corrected chi connectivity index (χ2v) is 7.31. The van der Waals surface area contributed by atoms with Crippen LogP contribution in [0.1, 0.15) is 36.8 Å². The minimum absolute atomic E-state index is 0.0443. The van der Waals surface area contributed by atoms with Gasteiger partial charge in [-0.3, -0.25) is 14.6 Å². The van der Waals surface area contributed by atoms with Crippen molar-refractivity contribution in [2.45, 2.75) is 33.2 Å². The maximum absolute atomic E-state index is 12.3. The summed E-state index contributed by atoms with van der Waals surface area (Å²) in [5.74, 6) is 1.39. The van der Waals surface area contributed by atoms with Gasteiger partial charge in [-0.05, 0) is 30.5 Å². The van der Waals surface area contributed by atoms with Gasteiger partial charge < -0.3 is 9.84 Å². The fraction of sp³-hybridized carbons (Fsp3) is 0.500. The van der Waals surface area contributed by atoms with Gasteiger partial charge >= 0.3 is 0 Å². The number of aromatic nitrogens is 1. The normalized spacial score (nSPS) is 16.2. The van der Waals surface area contributed by atoms with Gasteiger partial charge in [-0.1, -0.05) is 31.1 Å².